The Kier molecular flexibility index (Phi) is 11.3. The maximum absolute atomic E-state index is 13.6. The number of nitrogens with zero attached hydrogens (tertiary/aromatic N) is 3. The van der Waals surface area contributed by atoms with Gasteiger partial charge in [0.1, 0.15) is 5.82 Å². The van der Waals surface area contributed by atoms with E-state index in [2.05, 4.69) is 27.5 Å². The van der Waals surface area contributed by atoms with E-state index in [1.54, 1.807) is 0 Å². The van der Waals surface area contributed by atoms with Crippen LogP contribution in [0.3, 0.4) is 0 Å². The van der Waals surface area contributed by atoms with Crippen LogP contribution in [-0.2, 0) is 12.6 Å². The summed E-state index contributed by atoms with van der Waals surface area (Å²) in [6.45, 7) is 4.48. The van der Waals surface area contributed by atoms with E-state index in [0.29, 0.717) is 17.8 Å². The van der Waals surface area contributed by atoms with Crippen molar-refractivity contribution in [3.05, 3.63) is 18.2 Å². The molecule has 3 N–H and O–H groups in total. The molecule has 2 rings (SSSR count). The summed E-state index contributed by atoms with van der Waals surface area (Å²) >= 11 is 1.95. The summed E-state index contributed by atoms with van der Waals surface area (Å²) in [6, 6.07) is 0.252. The molecule has 0 aromatic carbocycles. The van der Waals surface area contributed by atoms with Gasteiger partial charge in [-0.3, -0.25) is 4.99 Å². The molecule has 3 unspecified atom stereocenters. The van der Waals surface area contributed by atoms with Gasteiger partial charge < -0.3 is 20.3 Å². The fourth-order valence-corrected chi connectivity index (χ4v) is 4.82. The highest BCUT2D eigenvalue weighted by Crippen LogP contribution is 2.40. The van der Waals surface area contributed by atoms with Gasteiger partial charge in [-0.2, -0.15) is 24.9 Å². The summed E-state index contributed by atoms with van der Waals surface area (Å²) in [6.07, 6.45) is 1.55. The molecule has 1 aromatic rings. The largest absolute Gasteiger partial charge is 0.424 e. The second-order valence-corrected chi connectivity index (χ2v) is 8.89. The molecular weight excluding hydrogens is 530 g/mol. The minimum absolute atomic E-state index is 0. The average Bonchev–Trinajstić information content (AvgIpc) is 3.08. The Hall–Kier alpha value is -0.690. The van der Waals surface area contributed by atoms with E-state index in [1.807, 2.05) is 18.7 Å². The van der Waals surface area contributed by atoms with Gasteiger partial charge in [0, 0.05) is 50.2 Å². The number of rotatable bonds is 8. The van der Waals surface area contributed by atoms with Crippen LogP contribution in [0.5, 0.6) is 0 Å². The molecular formula is C19H33F3IN5OS. The first-order chi connectivity index (χ1) is 13.7. The van der Waals surface area contributed by atoms with Gasteiger partial charge in [-0.05, 0) is 31.9 Å². The highest BCUT2D eigenvalue weighted by Gasteiger charge is 2.57. The molecule has 0 aliphatic heterocycles. The topological polar surface area (TPSA) is 74.5 Å². The predicted octanol–water partition coefficient (Wildman–Crippen LogP) is 3.80. The van der Waals surface area contributed by atoms with Gasteiger partial charge in [0.2, 0.25) is 5.60 Å². The number of aliphatic imine (C=N–C) groups is 1. The predicted molar refractivity (Wildman–Crippen MR) is 126 cm³/mol. The van der Waals surface area contributed by atoms with Crippen molar-refractivity contribution < 1.29 is 18.3 Å². The summed E-state index contributed by atoms with van der Waals surface area (Å²) in [5.74, 6) is 1.14. The summed E-state index contributed by atoms with van der Waals surface area (Å²) < 4.78 is 42.1. The number of thioether (sulfide) groups is 1. The van der Waals surface area contributed by atoms with Crippen LogP contribution in [0.15, 0.2) is 17.4 Å². The Morgan fingerprint density at radius 3 is 2.67 bits per heavy atom. The Labute approximate surface area is 197 Å². The van der Waals surface area contributed by atoms with Gasteiger partial charge >= 0.3 is 6.18 Å². The zero-order valence-corrected chi connectivity index (χ0v) is 20.9. The van der Waals surface area contributed by atoms with Gasteiger partial charge in [0.15, 0.2) is 5.96 Å². The van der Waals surface area contributed by atoms with Crippen LogP contribution >= 0.6 is 35.7 Å². The van der Waals surface area contributed by atoms with Crippen LogP contribution in [0.4, 0.5) is 13.2 Å². The van der Waals surface area contributed by atoms with Gasteiger partial charge in [-0.25, -0.2) is 4.98 Å². The Morgan fingerprint density at radius 1 is 1.37 bits per heavy atom. The van der Waals surface area contributed by atoms with Crippen molar-refractivity contribution in [2.45, 2.75) is 69.0 Å². The van der Waals surface area contributed by atoms with Crippen LogP contribution in [-0.4, -0.2) is 56.9 Å². The molecule has 1 saturated carbocycles. The summed E-state index contributed by atoms with van der Waals surface area (Å²) in [5, 5.41) is 17.5. The van der Waals surface area contributed by atoms with E-state index >= 15 is 0 Å². The minimum Gasteiger partial charge on any atom is -0.374 e. The number of imidazole rings is 1. The summed E-state index contributed by atoms with van der Waals surface area (Å²) in [5.41, 5.74) is -3.04. The average molecular weight is 563 g/mol. The maximum atomic E-state index is 13.6. The van der Waals surface area contributed by atoms with Crippen molar-refractivity contribution in [1.29, 1.82) is 0 Å². The lowest BCUT2D eigenvalue weighted by Crippen LogP contribution is -2.47. The van der Waals surface area contributed by atoms with E-state index in [1.165, 1.54) is 30.4 Å². The molecule has 30 heavy (non-hydrogen) atoms. The first-order valence-corrected chi connectivity index (χ1v) is 11.2. The van der Waals surface area contributed by atoms with Crippen LogP contribution < -0.4 is 10.6 Å². The van der Waals surface area contributed by atoms with E-state index < -0.39 is 24.0 Å². The standard InChI is InChI=1S/C19H32F3N5OS.HI/c1-4-23-17(26-14-7-6-8-15(13-14)29-5-2)25-10-9-18(28,19(20,21)22)16-24-11-12-27(16)3;/h11-12,14-15,28H,4-10,13H2,1-3H3,(H2,23,25,26);1H. The summed E-state index contributed by atoms with van der Waals surface area (Å²) in [7, 11) is 1.43. The molecule has 11 heteroatoms. The molecule has 0 bridgehead atoms. The van der Waals surface area contributed by atoms with E-state index in [4.69, 9.17) is 0 Å². The number of hydrogen-bond acceptors (Lipinski definition) is 4. The molecule has 0 radical (unpaired) electrons. The van der Waals surface area contributed by atoms with Crippen molar-refractivity contribution in [2.75, 3.05) is 18.8 Å². The SMILES string of the molecule is CCNC(=NCCC(O)(c1nccn1C)C(F)(F)F)NC1CCCC(SCC)C1.I. The Bertz CT molecular complexity index is 671. The second-order valence-electron chi connectivity index (χ2n) is 7.32. The van der Waals surface area contributed by atoms with Crippen LogP contribution in [0, 0.1) is 0 Å². The number of aliphatic hydroxyl groups is 1. The molecule has 1 aromatic heterocycles. The van der Waals surface area contributed by atoms with Crippen molar-refractivity contribution in [1.82, 2.24) is 20.2 Å². The molecule has 3 atom stereocenters. The molecule has 1 heterocycles. The first kappa shape index (κ1) is 27.3. The highest BCUT2D eigenvalue weighted by atomic mass is 127. The lowest BCUT2D eigenvalue weighted by atomic mass is 9.95. The number of hydrogen-bond donors (Lipinski definition) is 3. The summed E-state index contributed by atoms with van der Waals surface area (Å²) in [4.78, 5) is 8.03. The fraction of sp³-hybridized carbons (Fsp3) is 0.789. The molecule has 174 valence electrons. The van der Waals surface area contributed by atoms with E-state index in [-0.39, 0.29) is 36.6 Å². The number of halogens is 4. The third kappa shape index (κ3) is 7.18. The van der Waals surface area contributed by atoms with Crippen molar-refractivity contribution >= 4 is 41.7 Å². The third-order valence-electron chi connectivity index (χ3n) is 5.12. The quantitative estimate of drug-likeness (QED) is 0.255. The number of aryl methyl sites for hydroxylation is 1. The van der Waals surface area contributed by atoms with Gasteiger partial charge in [0.25, 0.3) is 0 Å². The lowest BCUT2D eigenvalue weighted by molar-refractivity contribution is -0.272. The van der Waals surface area contributed by atoms with Gasteiger partial charge in [-0.1, -0.05) is 13.3 Å². The number of guanidine groups is 1. The van der Waals surface area contributed by atoms with E-state index in [9.17, 15) is 18.3 Å². The Morgan fingerprint density at radius 2 is 2.10 bits per heavy atom. The second kappa shape index (κ2) is 12.4. The lowest BCUT2D eigenvalue weighted by Gasteiger charge is -2.31. The number of alkyl halides is 3. The normalized spacial score (nSPS) is 22.2. The van der Waals surface area contributed by atoms with Gasteiger partial charge in [0.05, 0.1) is 0 Å². The van der Waals surface area contributed by atoms with Crippen molar-refractivity contribution in [3.63, 3.8) is 0 Å². The maximum Gasteiger partial charge on any atom is 0.424 e. The molecule has 0 amide bonds. The third-order valence-corrected chi connectivity index (χ3v) is 6.35. The first-order valence-electron chi connectivity index (χ1n) is 10.1. The molecule has 1 fully saturated rings. The van der Waals surface area contributed by atoms with Gasteiger partial charge in [-0.15, -0.1) is 24.0 Å². The zero-order chi connectivity index (χ0) is 21.5. The minimum atomic E-state index is -4.85. The van der Waals surface area contributed by atoms with E-state index in [0.717, 1.165) is 25.0 Å². The molecule has 0 saturated heterocycles. The van der Waals surface area contributed by atoms with Crippen molar-refractivity contribution in [2.24, 2.45) is 12.0 Å². The monoisotopic (exact) mass is 563 g/mol. The smallest absolute Gasteiger partial charge is 0.374 e. The van der Waals surface area contributed by atoms with Crippen LogP contribution in [0.2, 0.25) is 0 Å². The highest BCUT2D eigenvalue weighted by molar-refractivity contribution is 14.0. The number of aromatic nitrogens is 2. The molecule has 0 spiro atoms. The number of nitrogens with one attached hydrogen (secondary N) is 2. The zero-order valence-electron chi connectivity index (χ0n) is 17.7. The van der Waals surface area contributed by atoms with Crippen molar-refractivity contribution in [3.8, 4) is 0 Å². The molecule has 1 aliphatic rings. The van der Waals surface area contributed by atoms with Crippen LogP contribution in [0.1, 0.15) is 51.8 Å². The molecule has 6 nitrogen and oxygen atoms in total. The van der Waals surface area contributed by atoms with Crippen LogP contribution in [0.25, 0.3) is 0 Å². The fourth-order valence-electron chi connectivity index (χ4n) is 3.65. The molecule has 1 aliphatic carbocycles. The Balaban J connectivity index is 0.00000450.